The fourth-order valence-electron chi connectivity index (χ4n) is 2.08. The number of benzene rings is 2. The molecule has 3 nitrogen and oxygen atoms in total. The fraction of sp³-hybridized carbons (Fsp3) is 0.188. The zero-order valence-corrected chi connectivity index (χ0v) is 13.4. The summed E-state index contributed by atoms with van der Waals surface area (Å²) in [7, 11) is 1.69. The van der Waals surface area contributed by atoms with Crippen molar-refractivity contribution in [1.82, 2.24) is 4.90 Å². The first-order chi connectivity index (χ1) is 9.91. The highest BCUT2D eigenvalue weighted by atomic mass is 79.9. The van der Waals surface area contributed by atoms with Crippen LogP contribution in [0.25, 0.3) is 0 Å². The number of carbonyl (C=O) groups excluding carboxylic acids is 1. The monoisotopic (exact) mass is 350 g/mol. The van der Waals surface area contributed by atoms with Gasteiger partial charge in [0.1, 0.15) is 5.82 Å². The molecule has 110 valence electrons. The third kappa shape index (κ3) is 3.24. The molecule has 0 aromatic heterocycles. The van der Waals surface area contributed by atoms with Crippen LogP contribution in [-0.4, -0.2) is 17.9 Å². The van der Waals surface area contributed by atoms with E-state index in [9.17, 15) is 9.18 Å². The Hall–Kier alpha value is -1.88. The molecule has 21 heavy (non-hydrogen) atoms. The average molecular weight is 351 g/mol. The lowest BCUT2D eigenvalue weighted by Crippen LogP contribution is -2.30. The van der Waals surface area contributed by atoms with Gasteiger partial charge in [0.25, 0.3) is 5.91 Å². The molecular formula is C16H16BrFN2O. The number of anilines is 1. The second-order valence-corrected chi connectivity index (χ2v) is 5.66. The smallest absolute Gasteiger partial charge is 0.255 e. The Morgan fingerprint density at radius 3 is 2.62 bits per heavy atom. The Balaban J connectivity index is 2.29. The molecular weight excluding hydrogens is 335 g/mol. The molecule has 0 saturated heterocycles. The Kier molecular flexibility index (Phi) is 4.63. The van der Waals surface area contributed by atoms with Crippen molar-refractivity contribution < 1.29 is 9.18 Å². The van der Waals surface area contributed by atoms with Crippen LogP contribution in [-0.2, 0) is 0 Å². The van der Waals surface area contributed by atoms with Crippen molar-refractivity contribution in [2.45, 2.75) is 13.0 Å². The van der Waals surface area contributed by atoms with E-state index in [4.69, 9.17) is 5.73 Å². The number of rotatable bonds is 3. The molecule has 0 bridgehead atoms. The molecule has 0 radical (unpaired) electrons. The minimum absolute atomic E-state index is 0.170. The first-order valence-electron chi connectivity index (χ1n) is 6.48. The molecule has 1 unspecified atom stereocenters. The molecule has 2 aromatic rings. The Morgan fingerprint density at radius 2 is 1.95 bits per heavy atom. The van der Waals surface area contributed by atoms with Crippen molar-refractivity contribution in [3.8, 4) is 0 Å². The maximum Gasteiger partial charge on any atom is 0.255 e. The molecule has 2 N–H and O–H groups in total. The maximum atomic E-state index is 13.5. The minimum Gasteiger partial charge on any atom is -0.399 e. The van der Waals surface area contributed by atoms with Gasteiger partial charge in [0.15, 0.2) is 0 Å². The first kappa shape index (κ1) is 15.5. The lowest BCUT2D eigenvalue weighted by Gasteiger charge is -2.26. The summed E-state index contributed by atoms with van der Waals surface area (Å²) in [5, 5.41) is 0. The molecule has 2 aromatic carbocycles. The summed E-state index contributed by atoms with van der Waals surface area (Å²) in [6, 6.07) is 11.6. The summed E-state index contributed by atoms with van der Waals surface area (Å²) in [6.07, 6.45) is 0. The fourth-order valence-corrected chi connectivity index (χ4v) is 2.51. The number of nitrogens with two attached hydrogens (primary N) is 1. The molecule has 0 aliphatic rings. The van der Waals surface area contributed by atoms with Gasteiger partial charge in [0.05, 0.1) is 16.1 Å². The second-order valence-electron chi connectivity index (χ2n) is 4.86. The summed E-state index contributed by atoms with van der Waals surface area (Å²) in [4.78, 5) is 14.1. The second kappa shape index (κ2) is 6.26. The van der Waals surface area contributed by atoms with E-state index in [1.54, 1.807) is 24.1 Å². The van der Waals surface area contributed by atoms with Gasteiger partial charge in [0, 0.05) is 12.7 Å². The van der Waals surface area contributed by atoms with E-state index in [-0.39, 0.29) is 16.4 Å². The van der Waals surface area contributed by atoms with E-state index >= 15 is 0 Å². The van der Waals surface area contributed by atoms with Gasteiger partial charge in [0.2, 0.25) is 0 Å². The molecule has 1 atom stereocenters. The molecule has 0 aliphatic heterocycles. The van der Waals surface area contributed by atoms with Crippen LogP contribution in [0.5, 0.6) is 0 Å². The summed E-state index contributed by atoms with van der Waals surface area (Å²) >= 11 is 3.12. The molecule has 0 fully saturated rings. The van der Waals surface area contributed by atoms with Crippen LogP contribution in [0.1, 0.15) is 28.9 Å². The van der Waals surface area contributed by atoms with Crippen molar-refractivity contribution in [1.29, 1.82) is 0 Å². The normalized spacial score (nSPS) is 12.0. The van der Waals surface area contributed by atoms with Crippen LogP contribution in [0.3, 0.4) is 0 Å². The Morgan fingerprint density at radius 1 is 1.29 bits per heavy atom. The zero-order chi connectivity index (χ0) is 15.6. The van der Waals surface area contributed by atoms with Gasteiger partial charge in [-0.15, -0.1) is 0 Å². The average Bonchev–Trinajstić information content (AvgIpc) is 2.48. The molecule has 0 saturated carbocycles. The van der Waals surface area contributed by atoms with E-state index in [1.807, 2.05) is 25.1 Å². The highest BCUT2D eigenvalue weighted by molar-refractivity contribution is 9.10. The van der Waals surface area contributed by atoms with Gasteiger partial charge >= 0.3 is 0 Å². The lowest BCUT2D eigenvalue weighted by molar-refractivity contribution is 0.0741. The number of amides is 1. The van der Waals surface area contributed by atoms with Crippen LogP contribution < -0.4 is 5.73 Å². The third-order valence-corrected chi connectivity index (χ3v) is 4.28. The van der Waals surface area contributed by atoms with E-state index in [1.165, 1.54) is 12.1 Å². The summed E-state index contributed by atoms with van der Waals surface area (Å²) < 4.78 is 13.7. The van der Waals surface area contributed by atoms with Crippen molar-refractivity contribution in [2.75, 3.05) is 12.8 Å². The van der Waals surface area contributed by atoms with Crippen LogP contribution >= 0.6 is 15.9 Å². The van der Waals surface area contributed by atoms with Crippen molar-refractivity contribution >= 4 is 27.5 Å². The maximum absolute atomic E-state index is 13.5. The summed E-state index contributed by atoms with van der Waals surface area (Å²) in [6.45, 7) is 1.90. The van der Waals surface area contributed by atoms with E-state index < -0.39 is 5.82 Å². The predicted octanol–water partition coefficient (Wildman–Crippen LogP) is 4.00. The minimum atomic E-state index is -0.453. The molecule has 5 heteroatoms. The van der Waals surface area contributed by atoms with Crippen LogP contribution in [0.15, 0.2) is 46.9 Å². The summed E-state index contributed by atoms with van der Waals surface area (Å²) in [5.41, 5.74) is 7.64. The van der Waals surface area contributed by atoms with E-state index in [0.29, 0.717) is 11.3 Å². The molecule has 1 amide bonds. The molecule has 0 spiro atoms. The number of carbonyl (C=O) groups is 1. The van der Waals surface area contributed by atoms with Gasteiger partial charge in [-0.2, -0.15) is 0 Å². The zero-order valence-electron chi connectivity index (χ0n) is 11.8. The number of hydrogen-bond acceptors (Lipinski definition) is 2. The van der Waals surface area contributed by atoms with E-state index in [0.717, 1.165) is 5.56 Å². The van der Waals surface area contributed by atoms with Gasteiger partial charge in [-0.3, -0.25) is 4.79 Å². The van der Waals surface area contributed by atoms with Crippen molar-refractivity contribution in [2.24, 2.45) is 0 Å². The largest absolute Gasteiger partial charge is 0.399 e. The van der Waals surface area contributed by atoms with Gasteiger partial charge in [-0.05, 0) is 52.7 Å². The number of nitrogen functional groups attached to an aromatic ring is 1. The molecule has 0 heterocycles. The quantitative estimate of drug-likeness (QED) is 0.850. The standard InChI is InChI=1S/C16H16BrFN2O/c1-10(11-5-3-6-12(19)9-11)20(2)16(21)13-7-4-8-14(18)15(13)17/h3-10H,19H2,1-2H3. The van der Waals surface area contributed by atoms with Gasteiger partial charge in [-0.1, -0.05) is 18.2 Å². The lowest BCUT2D eigenvalue weighted by atomic mass is 10.1. The Labute approximate surface area is 131 Å². The first-order valence-corrected chi connectivity index (χ1v) is 7.27. The third-order valence-electron chi connectivity index (χ3n) is 3.48. The van der Waals surface area contributed by atoms with Crippen molar-refractivity contribution in [3.63, 3.8) is 0 Å². The topological polar surface area (TPSA) is 46.3 Å². The van der Waals surface area contributed by atoms with Gasteiger partial charge in [-0.25, -0.2) is 4.39 Å². The molecule has 0 aliphatic carbocycles. The summed E-state index contributed by atoms with van der Waals surface area (Å²) in [5.74, 6) is -0.706. The van der Waals surface area contributed by atoms with Crippen LogP contribution in [0, 0.1) is 5.82 Å². The van der Waals surface area contributed by atoms with Gasteiger partial charge < -0.3 is 10.6 Å². The predicted molar refractivity (Wildman–Crippen MR) is 85.5 cm³/mol. The number of nitrogens with zero attached hydrogens (tertiary/aromatic N) is 1. The number of hydrogen-bond donors (Lipinski definition) is 1. The number of halogens is 2. The Bertz CT molecular complexity index is 675. The highest BCUT2D eigenvalue weighted by Crippen LogP contribution is 2.26. The van der Waals surface area contributed by atoms with Crippen molar-refractivity contribution in [3.05, 3.63) is 63.9 Å². The van der Waals surface area contributed by atoms with Crippen LogP contribution in [0.4, 0.5) is 10.1 Å². The van der Waals surface area contributed by atoms with E-state index in [2.05, 4.69) is 15.9 Å². The molecule has 2 rings (SSSR count). The highest BCUT2D eigenvalue weighted by Gasteiger charge is 2.22. The SMILES string of the molecule is CC(c1cccc(N)c1)N(C)C(=O)c1cccc(F)c1Br. The van der Waals surface area contributed by atoms with Crippen LogP contribution in [0.2, 0.25) is 0 Å².